The second kappa shape index (κ2) is 7.64. The van der Waals surface area contributed by atoms with E-state index in [1.54, 1.807) is 0 Å². The summed E-state index contributed by atoms with van der Waals surface area (Å²) in [6, 6.07) is 3.38. The van der Waals surface area contributed by atoms with Crippen molar-refractivity contribution in [2.45, 2.75) is 23.6 Å². The maximum Gasteiger partial charge on any atom is 0.417 e. The number of rotatable bonds is 5. The number of nitrogens with zero attached hydrogens (tertiary/aromatic N) is 3. The van der Waals surface area contributed by atoms with Crippen LogP contribution in [0, 0.1) is 0 Å². The summed E-state index contributed by atoms with van der Waals surface area (Å²) in [5.74, 6) is 0.286. The summed E-state index contributed by atoms with van der Waals surface area (Å²) in [4.78, 5) is 13.0. The highest BCUT2D eigenvalue weighted by atomic mass is 79.9. The van der Waals surface area contributed by atoms with Crippen LogP contribution in [-0.2, 0) is 21.0 Å². The second-order valence-corrected chi connectivity index (χ2v) is 8.44. The molecule has 0 spiro atoms. The highest BCUT2D eigenvalue weighted by molar-refractivity contribution is 9.18. The number of pyridine rings is 2. The smallest absolute Gasteiger partial charge is 0.386 e. The molecule has 3 heterocycles. The van der Waals surface area contributed by atoms with Gasteiger partial charge in [0.1, 0.15) is 21.2 Å². The molecular formula is C15H13BrF3N5O3S. The molecule has 1 atom stereocenters. The Morgan fingerprint density at radius 2 is 2.00 bits per heavy atom. The molecule has 2 N–H and O–H groups in total. The van der Waals surface area contributed by atoms with Crippen LogP contribution in [0.25, 0.3) is 0 Å². The highest BCUT2D eigenvalue weighted by Crippen LogP contribution is 2.35. The van der Waals surface area contributed by atoms with Gasteiger partial charge >= 0.3 is 6.18 Å². The number of nitrogens with one attached hydrogen (secondary N) is 2. The SMILES string of the molecule is CNS(=O)(=O)c1cnc(Nc2ccc(C(F)(F)F)cn2)c([C@H]2CC(Br)=NO2)c1. The molecule has 3 rings (SSSR count). The molecule has 28 heavy (non-hydrogen) atoms. The lowest BCUT2D eigenvalue weighted by atomic mass is 10.1. The fourth-order valence-corrected chi connectivity index (χ4v) is 3.44. The van der Waals surface area contributed by atoms with E-state index >= 15 is 0 Å². The van der Waals surface area contributed by atoms with Crippen molar-refractivity contribution >= 4 is 42.2 Å². The van der Waals surface area contributed by atoms with Gasteiger partial charge in [-0.15, -0.1) is 0 Å². The summed E-state index contributed by atoms with van der Waals surface area (Å²) in [5, 5.41) is 6.55. The van der Waals surface area contributed by atoms with E-state index < -0.39 is 27.9 Å². The van der Waals surface area contributed by atoms with Gasteiger partial charge in [-0.25, -0.2) is 23.1 Å². The van der Waals surface area contributed by atoms with Gasteiger partial charge in [0.25, 0.3) is 0 Å². The fraction of sp³-hybridized carbons (Fsp3) is 0.267. The third-order valence-corrected chi connectivity index (χ3v) is 5.64. The van der Waals surface area contributed by atoms with Crippen molar-refractivity contribution in [1.82, 2.24) is 14.7 Å². The summed E-state index contributed by atoms with van der Waals surface area (Å²) in [6.45, 7) is 0. The molecule has 150 valence electrons. The number of alkyl halides is 3. The van der Waals surface area contributed by atoms with E-state index in [2.05, 4.69) is 41.1 Å². The van der Waals surface area contributed by atoms with Crippen LogP contribution in [0.1, 0.15) is 23.7 Å². The van der Waals surface area contributed by atoms with E-state index in [0.29, 0.717) is 22.8 Å². The van der Waals surface area contributed by atoms with E-state index in [-0.39, 0.29) is 16.5 Å². The van der Waals surface area contributed by atoms with Crippen molar-refractivity contribution < 1.29 is 26.4 Å². The standard InChI is InChI=1S/C15H13BrF3N5O3S/c1-20-28(25,26)9-4-10(11-5-12(16)24-27-11)14(22-7-9)23-13-3-2-8(6-21-13)15(17,18)19/h2-4,6-7,11,20H,5H2,1H3,(H,21,22,23)/t11-/m1/s1. The predicted molar refractivity (Wildman–Crippen MR) is 97.8 cm³/mol. The first-order valence-electron chi connectivity index (χ1n) is 7.72. The Morgan fingerprint density at radius 1 is 1.25 bits per heavy atom. The van der Waals surface area contributed by atoms with E-state index in [1.165, 1.54) is 13.1 Å². The number of anilines is 2. The van der Waals surface area contributed by atoms with Crippen molar-refractivity contribution in [2.75, 3.05) is 12.4 Å². The van der Waals surface area contributed by atoms with Crippen molar-refractivity contribution in [3.8, 4) is 0 Å². The Balaban J connectivity index is 1.95. The monoisotopic (exact) mass is 479 g/mol. The largest absolute Gasteiger partial charge is 0.417 e. The Labute approximate surface area is 166 Å². The van der Waals surface area contributed by atoms with Gasteiger partial charge in [-0.1, -0.05) is 5.16 Å². The molecule has 0 bridgehead atoms. The Bertz CT molecular complexity index is 1010. The lowest BCUT2D eigenvalue weighted by Crippen LogP contribution is -2.19. The molecule has 0 amide bonds. The van der Waals surface area contributed by atoms with Gasteiger partial charge in [0.05, 0.1) is 5.56 Å². The van der Waals surface area contributed by atoms with E-state index in [0.717, 1.165) is 18.3 Å². The van der Waals surface area contributed by atoms with Gasteiger partial charge < -0.3 is 10.2 Å². The maximum absolute atomic E-state index is 12.7. The van der Waals surface area contributed by atoms with Gasteiger partial charge in [-0.2, -0.15) is 13.2 Å². The van der Waals surface area contributed by atoms with Gasteiger partial charge in [-0.05, 0) is 41.2 Å². The normalized spacial score (nSPS) is 17.2. The highest BCUT2D eigenvalue weighted by Gasteiger charge is 2.31. The van der Waals surface area contributed by atoms with Crippen molar-refractivity contribution in [3.63, 3.8) is 0 Å². The average Bonchev–Trinajstić information content (AvgIpc) is 3.08. The van der Waals surface area contributed by atoms with Crippen molar-refractivity contribution in [3.05, 3.63) is 41.7 Å². The summed E-state index contributed by atoms with van der Waals surface area (Å²) in [7, 11) is -2.50. The average molecular weight is 480 g/mol. The number of aromatic nitrogens is 2. The van der Waals surface area contributed by atoms with E-state index in [1.807, 2.05) is 0 Å². The Morgan fingerprint density at radius 3 is 2.54 bits per heavy atom. The third kappa shape index (κ3) is 4.42. The molecule has 1 aliphatic heterocycles. The minimum atomic E-state index is -4.50. The lowest BCUT2D eigenvalue weighted by Gasteiger charge is -2.16. The molecule has 2 aromatic heterocycles. The Hall–Kier alpha value is -2.25. The molecule has 2 aromatic rings. The third-order valence-electron chi connectivity index (χ3n) is 3.79. The predicted octanol–water partition coefficient (Wildman–Crippen LogP) is 3.32. The minimum Gasteiger partial charge on any atom is -0.386 e. The van der Waals surface area contributed by atoms with Crippen LogP contribution in [0.15, 0.2) is 40.6 Å². The van der Waals surface area contributed by atoms with Gasteiger partial charge in [-0.3, -0.25) is 0 Å². The van der Waals surface area contributed by atoms with Crippen molar-refractivity contribution in [2.24, 2.45) is 5.16 Å². The minimum absolute atomic E-state index is 0.0949. The molecule has 0 unspecified atom stereocenters. The zero-order chi connectivity index (χ0) is 20.5. The molecule has 0 saturated carbocycles. The zero-order valence-electron chi connectivity index (χ0n) is 14.2. The maximum atomic E-state index is 12.7. The van der Waals surface area contributed by atoms with Crippen LogP contribution < -0.4 is 10.0 Å². The van der Waals surface area contributed by atoms with Crippen LogP contribution >= 0.6 is 15.9 Å². The Kier molecular flexibility index (Phi) is 5.59. The van der Waals surface area contributed by atoms with Crippen LogP contribution in [0.4, 0.5) is 24.8 Å². The van der Waals surface area contributed by atoms with Gasteiger partial charge in [0, 0.05) is 24.4 Å². The first-order valence-corrected chi connectivity index (χ1v) is 10.00. The van der Waals surface area contributed by atoms with E-state index in [4.69, 9.17) is 4.84 Å². The number of sulfonamides is 1. The lowest BCUT2D eigenvalue weighted by molar-refractivity contribution is -0.137. The fourth-order valence-electron chi connectivity index (χ4n) is 2.35. The topological polar surface area (TPSA) is 106 Å². The molecule has 0 fully saturated rings. The number of oxime groups is 1. The van der Waals surface area contributed by atoms with E-state index in [9.17, 15) is 21.6 Å². The molecule has 1 aliphatic rings. The van der Waals surface area contributed by atoms with Gasteiger partial charge in [0.2, 0.25) is 10.0 Å². The first kappa shape index (κ1) is 20.5. The number of halogens is 4. The summed E-state index contributed by atoms with van der Waals surface area (Å²) in [5.41, 5.74) is -0.533. The molecular weight excluding hydrogens is 467 g/mol. The molecule has 0 saturated heterocycles. The second-order valence-electron chi connectivity index (χ2n) is 5.64. The number of hydrogen-bond acceptors (Lipinski definition) is 7. The molecule has 0 aromatic carbocycles. The van der Waals surface area contributed by atoms with Crippen LogP contribution in [-0.4, -0.2) is 30.1 Å². The molecule has 0 radical (unpaired) electrons. The first-order chi connectivity index (χ1) is 13.1. The van der Waals surface area contributed by atoms with Crippen LogP contribution in [0.2, 0.25) is 0 Å². The molecule has 8 nitrogen and oxygen atoms in total. The quantitative estimate of drug-likeness (QED) is 0.681. The summed E-state index contributed by atoms with van der Waals surface area (Å²) in [6.07, 6.45) is -3.00. The number of hydrogen-bond donors (Lipinski definition) is 2. The summed E-state index contributed by atoms with van der Waals surface area (Å²) >= 11 is 3.20. The molecule has 0 aliphatic carbocycles. The van der Waals surface area contributed by atoms with Gasteiger partial charge in [0.15, 0.2) is 6.10 Å². The summed E-state index contributed by atoms with van der Waals surface area (Å²) < 4.78 is 64.9. The van der Waals surface area contributed by atoms with Crippen molar-refractivity contribution in [1.29, 1.82) is 0 Å². The van der Waals surface area contributed by atoms with Crippen LogP contribution in [0.5, 0.6) is 0 Å². The zero-order valence-corrected chi connectivity index (χ0v) is 16.6. The van der Waals surface area contributed by atoms with Crippen LogP contribution in [0.3, 0.4) is 0 Å². The molecule has 13 heteroatoms.